The van der Waals surface area contributed by atoms with Crippen LogP contribution in [0.3, 0.4) is 0 Å². The normalized spacial score (nSPS) is 17.9. The zero-order valence-corrected chi connectivity index (χ0v) is 15.6. The van der Waals surface area contributed by atoms with Gasteiger partial charge in [-0.25, -0.2) is 0 Å². The third-order valence-electron chi connectivity index (χ3n) is 4.75. The highest BCUT2D eigenvalue weighted by Gasteiger charge is 2.48. The molecule has 1 aromatic carbocycles. The average molecular weight is 333 g/mol. The summed E-state index contributed by atoms with van der Waals surface area (Å²) in [6, 6.07) is 5.79. The Morgan fingerprint density at radius 3 is 2.62 bits per heavy atom. The van der Waals surface area contributed by atoms with Crippen molar-refractivity contribution in [2.45, 2.75) is 72.0 Å². The predicted octanol–water partition coefficient (Wildman–Crippen LogP) is 4.71. The van der Waals surface area contributed by atoms with E-state index in [0.717, 1.165) is 42.7 Å². The molecule has 1 N–H and O–H groups in total. The zero-order chi connectivity index (χ0) is 17.7. The summed E-state index contributed by atoms with van der Waals surface area (Å²) in [4.78, 5) is 12.8. The minimum absolute atomic E-state index is 0.0477. The van der Waals surface area contributed by atoms with E-state index in [-0.39, 0.29) is 12.0 Å². The van der Waals surface area contributed by atoms with Gasteiger partial charge in [0.05, 0.1) is 6.10 Å². The number of amides is 1. The average Bonchev–Trinajstić information content (AvgIpc) is 3.40. The van der Waals surface area contributed by atoms with Crippen LogP contribution >= 0.6 is 0 Å². The van der Waals surface area contributed by atoms with Gasteiger partial charge >= 0.3 is 0 Å². The van der Waals surface area contributed by atoms with E-state index in [0.29, 0.717) is 12.5 Å². The number of benzene rings is 1. The van der Waals surface area contributed by atoms with Crippen LogP contribution in [-0.4, -0.2) is 24.2 Å². The Balaban J connectivity index is 2.06. The van der Waals surface area contributed by atoms with Crippen LogP contribution < -0.4 is 10.1 Å². The van der Waals surface area contributed by atoms with Gasteiger partial charge in [-0.15, -0.1) is 0 Å². The van der Waals surface area contributed by atoms with Crippen molar-refractivity contribution in [1.29, 1.82) is 0 Å². The van der Waals surface area contributed by atoms with Gasteiger partial charge in [-0.1, -0.05) is 13.8 Å². The largest absolute Gasteiger partial charge is 0.490 e. The van der Waals surface area contributed by atoms with Gasteiger partial charge in [0.25, 0.3) is 5.91 Å². The molecule has 1 amide bonds. The Bertz CT molecular complexity index is 568. The summed E-state index contributed by atoms with van der Waals surface area (Å²) in [6.07, 6.45) is 4.19. The summed E-state index contributed by atoms with van der Waals surface area (Å²) >= 11 is 0. The van der Waals surface area contributed by atoms with Crippen molar-refractivity contribution in [1.82, 2.24) is 0 Å². The molecule has 0 unspecified atom stereocenters. The molecule has 1 aliphatic rings. The van der Waals surface area contributed by atoms with Crippen molar-refractivity contribution < 1.29 is 14.3 Å². The molecule has 0 saturated heterocycles. The first-order chi connectivity index (χ1) is 11.4. The van der Waals surface area contributed by atoms with E-state index in [4.69, 9.17) is 9.47 Å². The van der Waals surface area contributed by atoms with Gasteiger partial charge in [0.15, 0.2) is 0 Å². The number of ether oxygens (including phenoxy) is 2. The van der Waals surface area contributed by atoms with Crippen molar-refractivity contribution in [2.75, 3.05) is 11.9 Å². The SMILES string of the molecule is CCCO[C@@](C)(C(=O)Nc1ccc(O[C@@H](C)CC)c(C)c1)C1CC1. The van der Waals surface area contributed by atoms with Crippen molar-refractivity contribution in [3.63, 3.8) is 0 Å². The summed E-state index contributed by atoms with van der Waals surface area (Å²) in [6.45, 7) is 10.8. The number of carbonyl (C=O) groups excluding carboxylic acids is 1. The Kier molecular flexibility index (Phi) is 6.27. The molecule has 1 fully saturated rings. The van der Waals surface area contributed by atoms with Crippen LogP contribution in [0.2, 0.25) is 0 Å². The van der Waals surface area contributed by atoms with Crippen LogP contribution in [0.15, 0.2) is 18.2 Å². The van der Waals surface area contributed by atoms with E-state index in [9.17, 15) is 4.79 Å². The van der Waals surface area contributed by atoms with Gasteiger partial charge in [-0.2, -0.15) is 0 Å². The molecular weight excluding hydrogens is 302 g/mol. The Morgan fingerprint density at radius 1 is 1.38 bits per heavy atom. The van der Waals surface area contributed by atoms with Crippen molar-refractivity contribution in [2.24, 2.45) is 5.92 Å². The quantitative estimate of drug-likeness (QED) is 0.712. The summed E-state index contributed by atoms with van der Waals surface area (Å²) in [5.41, 5.74) is 1.09. The number of hydrogen-bond acceptors (Lipinski definition) is 3. The molecule has 0 heterocycles. The lowest BCUT2D eigenvalue weighted by Crippen LogP contribution is -2.45. The lowest BCUT2D eigenvalue weighted by Gasteiger charge is -2.28. The molecule has 2 atom stereocenters. The van der Waals surface area contributed by atoms with Crippen LogP contribution in [0.4, 0.5) is 5.69 Å². The van der Waals surface area contributed by atoms with Crippen molar-refractivity contribution in [3.05, 3.63) is 23.8 Å². The fourth-order valence-electron chi connectivity index (χ4n) is 2.73. The first-order valence-electron chi connectivity index (χ1n) is 9.13. The van der Waals surface area contributed by atoms with E-state index >= 15 is 0 Å². The summed E-state index contributed by atoms with van der Waals surface area (Å²) in [5.74, 6) is 1.15. The smallest absolute Gasteiger partial charge is 0.256 e. The third kappa shape index (κ3) is 4.50. The molecule has 1 aromatic rings. The highest BCUT2D eigenvalue weighted by molar-refractivity contribution is 5.97. The van der Waals surface area contributed by atoms with Crippen molar-refractivity contribution in [3.8, 4) is 5.75 Å². The maximum Gasteiger partial charge on any atom is 0.256 e. The highest BCUT2D eigenvalue weighted by Crippen LogP contribution is 2.42. The van der Waals surface area contributed by atoms with Gasteiger partial charge in [0, 0.05) is 12.3 Å². The van der Waals surface area contributed by atoms with Gasteiger partial charge in [-0.05, 0) is 76.1 Å². The van der Waals surface area contributed by atoms with E-state index in [1.807, 2.05) is 32.0 Å². The van der Waals surface area contributed by atoms with Crippen LogP contribution in [0, 0.1) is 12.8 Å². The summed E-state index contributed by atoms with van der Waals surface area (Å²) in [7, 11) is 0. The lowest BCUT2D eigenvalue weighted by molar-refractivity contribution is -0.142. The number of hydrogen-bond donors (Lipinski definition) is 1. The second-order valence-electron chi connectivity index (χ2n) is 7.00. The molecule has 4 nitrogen and oxygen atoms in total. The number of aryl methyl sites for hydroxylation is 1. The molecule has 0 aromatic heterocycles. The summed E-state index contributed by atoms with van der Waals surface area (Å²) < 4.78 is 11.8. The van der Waals surface area contributed by atoms with Gasteiger partial charge < -0.3 is 14.8 Å². The maximum absolute atomic E-state index is 12.8. The Labute approximate surface area is 145 Å². The summed E-state index contributed by atoms with van der Waals surface area (Å²) in [5, 5.41) is 3.03. The number of nitrogens with one attached hydrogen (secondary N) is 1. The van der Waals surface area contributed by atoms with E-state index in [1.54, 1.807) is 0 Å². The lowest BCUT2D eigenvalue weighted by atomic mass is 9.98. The second kappa shape index (κ2) is 8.02. The maximum atomic E-state index is 12.8. The minimum atomic E-state index is -0.726. The zero-order valence-electron chi connectivity index (χ0n) is 15.6. The Morgan fingerprint density at radius 2 is 2.08 bits per heavy atom. The van der Waals surface area contributed by atoms with Gasteiger partial charge in [0.1, 0.15) is 11.4 Å². The molecule has 0 radical (unpaired) electrons. The molecule has 0 spiro atoms. The van der Waals surface area contributed by atoms with Crippen LogP contribution in [-0.2, 0) is 9.53 Å². The number of rotatable bonds is 9. The van der Waals surface area contributed by atoms with Gasteiger partial charge in [-0.3, -0.25) is 4.79 Å². The fourth-order valence-corrected chi connectivity index (χ4v) is 2.73. The Hall–Kier alpha value is -1.55. The fraction of sp³-hybridized carbons (Fsp3) is 0.650. The monoisotopic (exact) mass is 333 g/mol. The molecule has 4 heteroatoms. The number of carbonyl (C=O) groups is 1. The topological polar surface area (TPSA) is 47.6 Å². The van der Waals surface area contributed by atoms with E-state index in [1.165, 1.54) is 0 Å². The van der Waals surface area contributed by atoms with Gasteiger partial charge in [0.2, 0.25) is 0 Å². The third-order valence-corrected chi connectivity index (χ3v) is 4.75. The standard InChI is InChI=1S/C20H31NO3/c1-6-12-23-20(5,16-8-9-16)19(22)21-17-10-11-18(14(3)13-17)24-15(4)7-2/h10-11,13,15-16H,6-9,12H2,1-5H3,(H,21,22)/t15-,20+/m0/s1. The number of anilines is 1. The molecule has 0 aliphatic heterocycles. The minimum Gasteiger partial charge on any atom is -0.490 e. The van der Waals surface area contributed by atoms with E-state index < -0.39 is 5.60 Å². The second-order valence-corrected chi connectivity index (χ2v) is 7.00. The van der Waals surface area contributed by atoms with Crippen LogP contribution in [0.25, 0.3) is 0 Å². The van der Waals surface area contributed by atoms with E-state index in [2.05, 4.69) is 26.1 Å². The molecule has 0 bridgehead atoms. The highest BCUT2D eigenvalue weighted by atomic mass is 16.5. The molecule has 2 rings (SSSR count). The molecule has 1 aliphatic carbocycles. The molecule has 24 heavy (non-hydrogen) atoms. The first-order valence-corrected chi connectivity index (χ1v) is 9.13. The molecule has 1 saturated carbocycles. The molecular formula is C20H31NO3. The van der Waals surface area contributed by atoms with Crippen molar-refractivity contribution >= 4 is 11.6 Å². The van der Waals surface area contributed by atoms with Crippen LogP contribution in [0.5, 0.6) is 5.75 Å². The van der Waals surface area contributed by atoms with Crippen LogP contribution in [0.1, 0.15) is 58.9 Å². The predicted molar refractivity (Wildman–Crippen MR) is 97.6 cm³/mol. The molecule has 134 valence electrons. The first kappa shape index (κ1) is 18.8.